The van der Waals surface area contributed by atoms with E-state index in [4.69, 9.17) is 10.3 Å². The van der Waals surface area contributed by atoms with Crippen LogP contribution in [0.15, 0.2) is 29.2 Å². The van der Waals surface area contributed by atoms with Crippen LogP contribution >= 0.6 is 0 Å². The maximum atomic E-state index is 11.3. The predicted molar refractivity (Wildman–Crippen MR) is 76.9 cm³/mol. The van der Waals surface area contributed by atoms with Crippen LogP contribution in [0.3, 0.4) is 0 Å². The lowest BCUT2D eigenvalue weighted by Crippen LogP contribution is -2.24. The summed E-state index contributed by atoms with van der Waals surface area (Å²) in [6, 6.07) is 6.09. The first-order valence-electron chi connectivity index (χ1n) is 6.66. The summed E-state index contributed by atoms with van der Waals surface area (Å²) < 4.78 is 30.9. The van der Waals surface area contributed by atoms with Gasteiger partial charge in [-0.25, -0.2) is 0 Å². The van der Waals surface area contributed by atoms with Gasteiger partial charge in [0, 0.05) is 5.92 Å². The maximum Gasteiger partial charge on any atom is 0.294 e. The minimum absolute atomic E-state index is 0.127. The number of hydrogen-bond donors (Lipinski definition) is 2. The molecule has 0 bridgehead atoms. The molecular formula is C14H21NO4S. The van der Waals surface area contributed by atoms with Gasteiger partial charge in [-0.15, -0.1) is 0 Å². The van der Waals surface area contributed by atoms with Crippen molar-refractivity contribution < 1.29 is 17.8 Å². The van der Waals surface area contributed by atoms with E-state index >= 15 is 0 Å². The zero-order chi connectivity index (χ0) is 15.3. The molecule has 0 aliphatic heterocycles. The summed E-state index contributed by atoms with van der Waals surface area (Å²) in [5.41, 5.74) is 6.30. The van der Waals surface area contributed by atoms with Gasteiger partial charge < -0.3 is 5.73 Å². The minimum Gasteiger partial charge on any atom is -0.369 e. The lowest BCUT2D eigenvalue weighted by molar-refractivity contribution is -0.122. The van der Waals surface area contributed by atoms with Crippen molar-refractivity contribution in [3.63, 3.8) is 0 Å². The van der Waals surface area contributed by atoms with Crippen molar-refractivity contribution in [2.24, 2.45) is 11.7 Å². The molecule has 0 saturated carbocycles. The van der Waals surface area contributed by atoms with E-state index in [2.05, 4.69) is 0 Å². The number of hydrogen-bond acceptors (Lipinski definition) is 3. The van der Waals surface area contributed by atoms with E-state index in [1.807, 2.05) is 13.8 Å². The number of nitrogens with two attached hydrogens (primary N) is 1. The Morgan fingerprint density at radius 3 is 2.10 bits per heavy atom. The summed E-state index contributed by atoms with van der Waals surface area (Å²) in [4.78, 5) is 11.2. The zero-order valence-electron chi connectivity index (χ0n) is 11.7. The van der Waals surface area contributed by atoms with Crippen molar-refractivity contribution in [3.05, 3.63) is 29.8 Å². The summed E-state index contributed by atoms with van der Waals surface area (Å²) in [5.74, 6) is -0.343. The van der Waals surface area contributed by atoms with Gasteiger partial charge in [0.05, 0.1) is 4.90 Å². The predicted octanol–water partition coefficient (Wildman–Crippen LogP) is 2.33. The number of primary amides is 1. The van der Waals surface area contributed by atoms with Crippen molar-refractivity contribution in [2.45, 2.75) is 43.9 Å². The molecule has 0 saturated heterocycles. The molecule has 3 N–H and O–H groups in total. The third-order valence-electron chi connectivity index (χ3n) is 3.61. The summed E-state index contributed by atoms with van der Waals surface area (Å²) in [6.07, 6.45) is 2.16. The van der Waals surface area contributed by atoms with Gasteiger partial charge in [-0.1, -0.05) is 26.0 Å². The van der Waals surface area contributed by atoms with Crippen LogP contribution in [-0.4, -0.2) is 18.9 Å². The molecule has 0 heterocycles. The Labute approximate surface area is 119 Å². The van der Waals surface area contributed by atoms with Gasteiger partial charge in [0.25, 0.3) is 10.1 Å². The molecule has 2 atom stereocenters. The van der Waals surface area contributed by atoms with Gasteiger partial charge in [0.15, 0.2) is 0 Å². The highest BCUT2D eigenvalue weighted by Crippen LogP contribution is 2.29. The molecule has 2 unspecified atom stereocenters. The van der Waals surface area contributed by atoms with Crippen LogP contribution in [0, 0.1) is 5.92 Å². The normalized spacial score (nSPS) is 14.8. The lowest BCUT2D eigenvalue weighted by Gasteiger charge is -2.20. The van der Waals surface area contributed by atoms with E-state index < -0.39 is 10.1 Å². The van der Waals surface area contributed by atoms with Crippen LogP contribution in [0.25, 0.3) is 0 Å². The monoisotopic (exact) mass is 299 g/mol. The Bertz CT molecular complexity index is 551. The van der Waals surface area contributed by atoms with E-state index in [1.165, 1.54) is 12.1 Å². The van der Waals surface area contributed by atoms with Crippen molar-refractivity contribution >= 4 is 16.0 Å². The van der Waals surface area contributed by atoms with Gasteiger partial charge in [-0.2, -0.15) is 8.42 Å². The average Bonchev–Trinajstić information content (AvgIpc) is 2.39. The fraction of sp³-hybridized carbons (Fsp3) is 0.500. The maximum absolute atomic E-state index is 11.3. The molecule has 1 rings (SSSR count). The second-order valence-corrected chi connectivity index (χ2v) is 6.31. The molecular weight excluding hydrogens is 278 g/mol. The molecule has 0 radical (unpaired) electrons. The highest BCUT2D eigenvalue weighted by molar-refractivity contribution is 7.85. The van der Waals surface area contributed by atoms with Crippen molar-refractivity contribution in [1.29, 1.82) is 0 Å². The van der Waals surface area contributed by atoms with E-state index in [9.17, 15) is 13.2 Å². The van der Waals surface area contributed by atoms with Gasteiger partial charge in [-0.3, -0.25) is 9.35 Å². The zero-order valence-corrected chi connectivity index (χ0v) is 12.6. The summed E-state index contributed by atoms with van der Waals surface area (Å²) in [6.45, 7) is 3.93. The van der Waals surface area contributed by atoms with Crippen LogP contribution in [0.2, 0.25) is 0 Å². The van der Waals surface area contributed by atoms with Gasteiger partial charge in [0.2, 0.25) is 5.91 Å². The molecule has 0 spiro atoms. The Kier molecular flexibility index (Phi) is 5.71. The van der Waals surface area contributed by atoms with Crippen molar-refractivity contribution in [1.82, 2.24) is 0 Å². The minimum atomic E-state index is -4.17. The van der Waals surface area contributed by atoms with E-state index in [0.29, 0.717) is 12.8 Å². The fourth-order valence-corrected chi connectivity index (χ4v) is 2.76. The number of rotatable bonds is 7. The van der Waals surface area contributed by atoms with Crippen molar-refractivity contribution in [2.75, 3.05) is 0 Å². The Hall–Kier alpha value is -1.40. The van der Waals surface area contributed by atoms with Crippen LogP contribution < -0.4 is 5.73 Å². The van der Waals surface area contributed by atoms with Gasteiger partial charge in [-0.05, 0) is 42.9 Å². The second-order valence-electron chi connectivity index (χ2n) is 4.89. The fourth-order valence-electron chi connectivity index (χ4n) is 2.28. The molecule has 6 heteroatoms. The summed E-state index contributed by atoms with van der Waals surface area (Å²) in [7, 11) is -4.17. The first kappa shape index (κ1) is 16.7. The highest BCUT2D eigenvalue weighted by atomic mass is 32.2. The first-order chi connectivity index (χ1) is 9.29. The van der Waals surface area contributed by atoms with Gasteiger partial charge >= 0.3 is 0 Å². The first-order valence-corrected chi connectivity index (χ1v) is 8.10. The Balaban J connectivity index is 2.93. The molecule has 5 nitrogen and oxygen atoms in total. The molecule has 0 aromatic heterocycles. The number of carbonyl (C=O) groups excluding carboxylic acids is 1. The largest absolute Gasteiger partial charge is 0.369 e. The second kappa shape index (κ2) is 6.85. The smallest absolute Gasteiger partial charge is 0.294 e. The molecule has 0 aliphatic rings. The third kappa shape index (κ3) is 4.31. The molecule has 0 aliphatic carbocycles. The molecule has 112 valence electrons. The third-order valence-corrected chi connectivity index (χ3v) is 4.47. The summed E-state index contributed by atoms with van der Waals surface area (Å²) >= 11 is 0. The van der Waals surface area contributed by atoms with Crippen LogP contribution in [0.5, 0.6) is 0 Å². The van der Waals surface area contributed by atoms with Crippen LogP contribution in [0.1, 0.15) is 44.6 Å². The van der Waals surface area contributed by atoms with Crippen LogP contribution in [-0.2, 0) is 14.9 Å². The number of benzene rings is 1. The number of carbonyl (C=O) groups is 1. The summed E-state index contributed by atoms with van der Waals surface area (Å²) in [5, 5.41) is 0. The molecule has 1 aromatic rings. The highest BCUT2D eigenvalue weighted by Gasteiger charge is 2.20. The molecule has 0 fully saturated rings. The Morgan fingerprint density at radius 2 is 1.75 bits per heavy atom. The standard InChI is InChI=1S/C14H21NO4S/c1-3-10(9-11(4-2)14(15)16)12-5-7-13(8-6-12)20(17,18)19/h5-8,10-11H,3-4,9H2,1-2H3,(H2,15,16)(H,17,18,19). The lowest BCUT2D eigenvalue weighted by atomic mass is 9.85. The van der Waals surface area contributed by atoms with Crippen molar-refractivity contribution in [3.8, 4) is 0 Å². The molecule has 1 amide bonds. The van der Waals surface area contributed by atoms with Crippen LogP contribution in [0.4, 0.5) is 0 Å². The quantitative estimate of drug-likeness (QED) is 0.755. The van der Waals surface area contributed by atoms with E-state index in [0.717, 1.165) is 12.0 Å². The SMILES string of the molecule is CCC(CC(CC)c1ccc(S(=O)(=O)O)cc1)C(N)=O. The molecule has 1 aromatic carbocycles. The molecule has 20 heavy (non-hydrogen) atoms. The Morgan fingerprint density at radius 1 is 1.20 bits per heavy atom. The van der Waals surface area contributed by atoms with Gasteiger partial charge in [0.1, 0.15) is 0 Å². The van der Waals surface area contributed by atoms with E-state index in [-0.39, 0.29) is 22.6 Å². The topological polar surface area (TPSA) is 97.5 Å². The average molecular weight is 299 g/mol. The van der Waals surface area contributed by atoms with E-state index in [1.54, 1.807) is 12.1 Å². The number of amides is 1.